The Morgan fingerprint density at radius 3 is 2.74 bits per heavy atom. The van der Waals surface area contributed by atoms with E-state index in [0.29, 0.717) is 18.9 Å². The summed E-state index contributed by atoms with van der Waals surface area (Å²) in [7, 11) is 3.35. The molecule has 0 radical (unpaired) electrons. The summed E-state index contributed by atoms with van der Waals surface area (Å²) < 4.78 is 10.3. The molecule has 0 saturated heterocycles. The van der Waals surface area contributed by atoms with Crippen LogP contribution in [0.3, 0.4) is 0 Å². The molecule has 2 amide bonds. The average molecular weight is 317 g/mol. The lowest BCUT2D eigenvalue weighted by molar-refractivity contribution is 0.123. The Hall–Kier alpha value is -2.34. The van der Waals surface area contributed by atoms with E-state index in [1.165, 1.54) is 5.56 Å². The first-order valence-corrected chi connectivity index (χ1v) is 7.53. The van der Waals surface area contributed by atoms with Crippen molar-refractivity contribution in [2.75, 3.05) is 20.8 Å². The number of ether oxygens (including phenoxy) is 1. The Morgan fingerprint density at radius 1 is 1.39 bits per heavy atom. The minimum absolute atomic E-state index is 0.00200. The SMILES string of the molecule is COC[C@H](C)N(C)C(=O)NCc1cc(-c2ccc(C)cc2)no1. The van der Waals surface area contributed by atoms with Crippen molar-refractivity contribution < 1.29 is 14.1 Å². The summed E-state index contributed by atoms with van der Waals surface area (Å²) in [5.41, 5.74) is 2.94. The second kappa shape index (κ2) is 7.78. The summed E-state index contributed by atoms with van der Waals surface area (Å²) in [4.78, 5) is 13.6. The summed E-state index contributed by atoms with van der Waals surface area (Å²) in [6, 6.07) is 9.70. The van der Waals surface area contributed by atoms with E-state index in [2.05, 4.69) is 10.5 Å². The molecule has 1 aromatic heterocycles. The van der Waals surface area contributed by atoms with Crippen molar-refractivity contribution in [1.29, 1.82) is 0 Å². The Kier molecular flexibility index (Phi) is 5.76. The molecule has 1 heterocycles. The third-order valence-electron chi connectivity index (χ3n) is 3.71. The van der Waals surface area contributed by atoms with Crippen molar-refractivity contribution in [2.45, 2.75) is 26.4 Å². The van der Waals surface area contributed by atoms with E-state index in [4.69, 9.17) is 9.26 Å². The van der Waals surface area contributed by atoms with Crippen LogP contribution < -0.4 is 5.32 Å². The van der Waals surface area contributed by atoms with Gasteiger partial charge in [0.05, 0.1) is 19.2 Å². The van der Waals surface area contributed by atoms with Gasteiger partial charge >= 0.3 is 6.03 Å². The zero-order valence-electron chi connectivity index (χ0n) is 14.0. The molecule has 0 unspecified atom stereocenters. The molecule has 0 aliphatic rings. The van der Waals surface area contributed by atoms with Crippen LogP contribution in [0.2, 0.25) is 0 Å². The van der Waals surface area contributed by atoms with Crippen molar-refractivity contribution >= 4 is 6.03 Å². The summed E-state index contributed by atoms with van der Waals surface area (Å²) in [5.74, 6) is 0.613. The van der Waals surface area contributed by atoms with Crippen LogP contribution in [-0.2, 0) is 11.3 Å². The molecule has 124 valence electrons. The minimum atomic E-state index is -0.178. The van der Waals surface area contributed by atoms with Gasteiger partial charge in [0.15, 0.2) is 5.76 Å². The molecule has 1 aromatic carbocycles. The summed E-state index contributed by atoms with van der Waals surface area (Å²) in [6.45, 7) is 4.74. The number of carbonyl (C=O) groups excluding carboxylic acids is 1. The maximum Gasteiger partial charge on any atom is 0.317 e. The third-order valence-corrected chi connectivity index (χ3v) is 3.71. The number of aromatic nitrogens is 1. The topological polar surface area (TPSA) is 67.6 Å². The fourth-order valence-electron chi connectivity index (χ4n) is 2.10. The fourth-order valence-corrected chi connectivity index (χ4v) is 2.10. The van der Waals surface area contributed by atoms with E-state index in [-0.39, 0.29) is 12.1 Å². The molecule has 0 aliphatic heterocycles. The van der Waals surface area contributed by atoms with Crippen molar-refractivity contribution in [3.8, 4) is 11.3 Å². The molecule has 2 rings (SSSR count). The molecular weight excluding hydrogens is 294 g/mol. The molecule has 2 aromatic rings. The molecule has 0 bridgehead atoms. The number of carbonyl (C=O) groups is 1. The number of rotatable bonds is 6. The van der Waals surface area contributed by atoms with Crippen molar-refractivity contribution in [2.24, 2.45) is 0 Å². The van der Waals surface area contributed by atoms with Gasteiger partial charge in [-0.25, -0.2) is 4.79 Å². The van der Waals surface area contributed by atoms with Gasteiger partial charge in [-0.3, -0.25) is 0 Å². The standard InChI is InChI=1S/C17H23N3O3/c1-12-5-7-14(8-6-12)16-9-15(23-19-16)10-18-17(21)20(3)13(2)11-22-4/h5-9,13H,10-11H2,1-4H3,(H,18,21)/t13-/m0/s1. The van der Waals surface area contributed by atoms with Crippen molar-refractivity contribution in [3.63, 3.8) is 0 Å². The van der Waals surface area contributed by atoms with Gasteiger partial charge in [0, 0.05) is 25.8 Å². The Bertz CT molecular complexity index is 637. The molecule has 6 heteroatoms. The van der Waals surface area contributed by atoms with Crippen LogP contribution in [0.5, 0.6) is 0 Å². The van der Waals surface area contributed by atoms with Crippen LogP contribution in [0.1, 0.15) is 18.2 Å². The second-order valence-corrected chi connectivity index (χ2v) is 5.62. The van der Waals surface area contributed by atoms with Gasteiger partial charge in [0.1, 0.15) is 5.69 Å². The number of urea groups is 1. The molecule has 0 saturated carbocycles. The number of nitrogens with one attached hydrogen (secondary N) is 1. The zero-order chi connectivity index (χ0) is 16.8. The highest BCUT2D eigenvalue weighted by molar-refractivity contribution is 5.74. The molecule has 1 atom stereocenters. The van der Waals surface area contributed by atoms with Gasteiger partial charge in [-0.1, -0.05) is 35.0 Å². The Balaban J connectivity index is 1.92. The minimum Gasteiger partial charge on any atom is -0.383 e. The molecule has 23 heavy (non-hydrogen) atoms. The van der Waals surface area contributed by atoms with E-state index in [0.717, 1.165) is 11.3 Å². The van der Waals surface area contributed by atoms with Crippen LogP contribution in [-0.4, -0.2) is 42.9 Å². The maximum absolute atomic E-state index is 12.0. The number of benzene rings is 1. The van der Waals surface area contributed by atoms with Crippen molar-refractivity contribution in [3.05, 3.63) is 41.7 Å². The quantitative estimate of drug-likeness (QED) is 0.889. The van der Waals surface area contributed by atoms with E-state index >= 15 is 0 Å². The van der Waals surface area contributed by atoms with Gasteiger partial charge in [-0.2, -0.15) is 0 Å². The van der Waals surface area contributed by atoms with E-state index in [1.807, 2.05) is 44.2 Å². The number of likely N-dealkylation sites (N-methyl/N-ethyl adjacent to an activating group) is 1. The lowest BCUT2D eigenvalue weighted by Gasteiger charge is -2.24. The number of hydrogen-bond acceptors (Lipinski definition) is 4. The maximum atomic E-state index is 12.0. The van der Waals surface area contributed by atoms with E-state index < -0.39 is 0 Å². The number of nitrogens with zero attached hydrogens (tertiary/aromatic N) is 2. The Morgan fingerprint density at radius 2 is 2.09 bits per heavy atom. The van der Waals surface area contributed by atoms with Crippen LogP contribution in [0.25, 0.3) is 11.3 Å². The van der Waals surface area contributed by atoms with Crippen LogP contribution in [0.15, 0.2) is 34.9 Å². The van der Waals surface area contributed by atoms with E-state index in [9.17, 15) is 4.79 Å². The smallest absolute Gasteiger partial charge is 0.317 e. The molecule has 0 fully saturated rings. The van der Waals surface area contributed by atoms with Crippen LogP contribution >= 0.6 is 0 Å². The lowest BCUT2D eigenvalue weighted by Crippen LogP contribution is -2.43. The summed E-state index contributed by atoms with van der Waals surface area (Å²) in [5, 5.41) is 6.85. The predicted octanol–water partition coefficient (Wildman–Crippen LogP) is 2.83. The predicted molar refractivity (Wildman–Crippen MR) is 88.0 cm³/mol. The average Bonchev–Trinajstić information content (AvgIpc) is 3.01. The van der Waals surface area contributed by atoms with Crippen LogP contribution in [0.4, 0.5) is 4.79 Å². The summed E-state index contributed by atoms with van der Waals surface area (Å²) in [6.07, 6.45) is 0. The van der Waals surface area contributed by atoms with Gasteiger partial charge in [-0.05, 0) is 13.8 Å². The first kappa shape index (κ1) is 17.0. The molecule has 0 spiro atoms. The first-order valence-electron chi connectivity index (χ1n) is 7.53. The monoisotopic (exact) mass is 317 g/mol. The first-order chi connectivity index (χ1) is 11.0. The largest absolute Gasteiger partial charge is 0.383 e. The number of methoxy groups -OCH3 is 1. The third kappa shape index (κ3) is 4.56. The molecule has 1 N–H and O–H groups in total. The van der Waals surface area contributed by atoms with Gasteiger partial charge < -0.3 is 19.5 Å². The number of aryl methyl sites for hydroxylation is 1. The van der Waals surface area contributed by atoms with Gasteiger partial charge in [0.25, 0.3) is 0 Å². The second-order valence-electron chi connectivity index (χ2n) is 5.62. The van der Waals surface area contributed by atoms with Crippen LogP contribution in [0, 0.1) is 6.92 Å². The normalized spacial score (nSPS) is 12.0. The highest BCUT2D eigenvalue weighted by Gasteiger charge is 2.16. The summed E-state index contributed by atoms with van der Waals surface area (Å²) >= 11 is 0. The lowest BCUT2D eigenvalue weighted by atomic mass is 10.1. The van der Waals surface area contributed by atoms with Gasteiger partial charge in [0.2, 0.25) is 0 Å². The molecular formula is C17H23N3O3. The highest BCUT2D eigenvalue weighted by atomic mass is 16.5. The molecule has 6 nitrogen and oxygen atoms in total. The van der Waals surface area contributed by atoms with Gasteiger partial charge in [-0.15, -0.1) is 0 Å². The number of amides is 2. The Labute approximate surface area is 136 Å². The number of hydrogen-bond donors (Lipinski definition) is 1. The highest BCUT2D eigenvalue weighted by Crippen LogP contribution is 2.19. The molecule has 0 aliphatic carbocycles. The van der Waals surface area contributed by atoms with Crippen molar-refractivity contribution in [1.82, 2.24) is 15.4 Å². The fraction of sp³-hybridized carbons (Fsp3) is 0.412. The zero-order valence-corrected chi connectivity index (χ0v) is 14.0. The van der Waals surface area contributed by atoms with E-state index in [1.54, 1.807) is 19.1 Å².